The number of hydrogen-bond acceptors (Lipinski definition) is 5. The number of fused-ring (bicyclic) bond motifs is 1. The third kappa shape index (κ3) is 4.31. The first-order valence-corrected chi connectivity index (χ1v) is 9.59. The number of carbonyl (C=O) groups excluding carboxylic acids is 1. The zero-order valence-electron chi connectivity index (χ0n) is 16.1. The second-order valence-electron chi connectivity index (χ2n) is 7.08. The van der Waals surface area contributed by atoms with Crippen molar-refractivity contribution >= 4 is 11.6 Å². The summed E-state index contributed by atoms with van der Waals surface area (Å²) in [5.41, 5.74) is 2.21. The summed E-state index contributed by atoms with van der Waals surface area (Å²) in [5, 5.41) is 3.01. The molecule has 0 spiro atoms. The van der Waals surface area contributed by atoms with Crippen molar-refractivity contribution in [1.82, 2.24) is 5.32 Å². The fourth-order valence-corrected chi connectivity index (χ4v) is 3.59. The Hall–Kier alpha value is -2.93. The average molecular weight is 384 g/mol. The number of quaternary nitrogens is 1. The van der Waals surface area contributed by atoms with Gasteiger partial charge < -0.3 is 29.3 Å². The van der Waals surface area contributed by atoms with Crippen LogP contribution in [0.25, 0.3) is 0 Å². The normalized spacial score (nSPS) is 16.1. The molecule has 1 amide bonds. The molecule has 2 aliphatic heterocycles. The van der Waals surface area contributed by atoms with E-state index in [1.54, 1.807) is 7.11 Å². The van der Waals surface area contributed by atoms with E-state index in [0.29, 0.717) is 13.1 Å². The van der Waals surface area contributed by atoms with E-state index in [9.17, 15) is 4.79 Å². The van der Waals surface area contributed by atoms with Crippen LogP contribution < -0.4 is 29.3 Å². The van der Waals surface area contributed by atoms with Crippen molar-refractivity contribution in [2.45, 2.75) is 6.54 Å². The van der Waals surface area contributed by atoms with Crippen molar-refractivity contribution in [3.63, 3.8) is 0 Å². The topological polar surface area (TPSA) is 64.5 Å². The molecule has 0 unspecified atom stereocenters. The molecule has 2 aromatic rings. The van der Waals surface area contributed by atoms with Crippen molar-refractivity contribution in [2.24, 2.45) is 0 Å². The Bertz CT molecular complexity index is 817. The minimum atomic E-state index is 0.0746. The first-order chi connectivity index (χ1) is 13.7. The van der Waals surface area contributed by atoms with Crippen LogP contribution in [-0.4, -0.2) is 52.5 Å². The Morgan fingerprint density at radius 1 is 1.11 bits per heavy atom. The van der Waals surface area contributed by atoms with Gasteiger partial charge in [-0.3, -0.25) is 4.79 Å². The molecule has 7 nitrogen and oxygen atoms in total. The third-order valence-electron chi connectivity index (χ3n) is 5.25. The summed E-state index contributed by atoms with van der Waals surface area (Å²) < 4.78 is 15.9. The van der Waals surface area contributed by atoms with Gasteiger partial charge in [-0.05, 0) is 42.0 Å². The molecule has 0 atom stereocenters. The summed E-state index contributed by atoms with van der Waals surface area (Å²) in [5.74, 6) is 2.44. The number of nitrogens with zero attached hydrogens (tertiary/aromatic N) is 1. The van der Waals surface area contributed by atoms with Gasteiger partial charge in [-0.15, -0.1) is 0 Å². The van der Waals surface area contributed by atoms with E-state index >= 15 is 0 Å². The number of nitrogens with one attached hydrogen (secondary N) is 2. The molecule has 0 aliphatic carbocycles. The van der Waals surface area contributed by atoms with Gasteiger partial charge in [-0.1, -0.05) is 6.07 Å². The number of anilines is 1. The van der Waals surface area contributed by atoms with E-state index in [4.69, 9.17) is 14.2 Å². The number of benzene rings is 2. The summed E-state index contributed by atoms with van der Waals surface area (Å²) >= 11 is 0. The number of carbonyl (C=O) groups is 1. The maximum absolute atomic E-state index is 12.3. The van der Waals surface area contributed by atoms with Crippen molar-refractivity contribution in [1.29, 1.82) is 0 Å². The van der Waals surface area contributed by atoms with Gasteiger partial charge in [0, 0.05) is 12.2 Å². The van der Waals surface area contributed by atoms with Crippen LogP contribution >= 0.6 is 0 Å². The second-order valence-corrected chi connectivity index (χ2v) is 7.08. The van der Waals surface area contributed by atoms with Crippen LogP contribution in [0, 0.1) is 0 Å². The number of hydrogen-bond donors (Lipinski definition) is 2. The fraction of sp³-hybridized carbons (Fsp3) is 0.381. The minimum absolute atomic E-state index is 0.0746. The van der Waals surface area contributed by atoms with Crippen molar-refractivity contribution < 1.29 is 23.9 Å². The molecule has 2 aromatic carbocycles. The quantitative estimate of drug-likeness (QED) is 0.757. The van der Waals surface area contributed by atoms with E-state index in [2.05, 4.69) is 22.3 Å². The smallest absolute Gasteiger partial charge is 0.275 e. The molecule has 2 heterocycles. The zero-order valence-corrected chi connectivity index (χ0v) is 16.1. The van der Waals surface area contributed by atoms with Gasteiger partial charge in [0.25, 0.3) is 5.91 Å². The Kier molecular flexibility index (Phi) is 5.53. The van der Waals surface area contributed by atoms with Crippen molar-refractivity contribution in [3.8, 4) is 17.2 Å². The SMILES string of the molecule is COc1ccc(N2CC[NH+](CC(=O)NCc3ccc4c(c3)OCO4)CC2)cc1. The number of ether oxygens (including phenoxy) is 3. The van der Waals surface area contributed by atoms with Gasteiger partial charge in [0.05, 0.1) is 33.3 Å². The van der Waals surface area contributed by atoms with Gasteiger partial charge in [0.15, 0.2) is 18.0 Å². The summed E-state index contributed by atoms with van der Waals surface area (Å²) in [7, 11) is 1.68. The Labute approximate surface area is 164 Å². The largest absolute Gasteiger partial charge is 0.497 e. The molecule has 2 N–H and O–H groups in total. The van der Waals surface area contributed by atoms with E-state index < -0.39 is 0 Å². The van der Waals surface area contributed by atoms with Gasteiger partial charge in [-0.2, -0.15) is 0 Å². The molecule has 4 rings (SSSR count). The Morgan fingerprint density at radius 2 is 1.86 bits per heavy atom. The maximum atomic E-state index is 12.3. The van der Waals surface area contributed by atoms with Gasteiger partial charge in [-0.25, -0.2) is 0 Å². The highest BCUT2D eigenvalue weighted by atomic mass is 16.7. The van der Waals surface area contributed by atoms with Crippen molar-refractivity contribution in [3.05, 3.63) is 48.0 Å². The number of piperazine rings is 1. The highest BCUT2D eigenvalue weighted by Crippen LogP contribution is 2.32. The highest BCUT2D eigenvalue weighted by Gasteiger charge is 2.22. The van der Waals surface area contributed by atoms with Crippen LogP contribution in [-0.2, 0) is 11.3 Å². The Balaban J connectivity index is 1.21. The minimum Gasteiger partial charge on any atom is -0.497 e. The maximum Gasteiger partial charge on any atom is 0.275 e. The molecule has 0 radical (unpaired) electrons. The van der Waals surface area contributed by atoms with Crippen LogP contribution in [0.4, 0.5) is 5.69 Å². The molecule has 0 bridgehead atoms. The molecule has 2 aliphatic rings. The molecule has 1 fully saturated rings. The molecule has 0 aromatic heterocycles. The molecule has 28 heavy (non-hydrogen) atoms. The third-order valence-corrected chi connectivity index (χ3v) is 5.25. The summed E-state index contributed by atoms with van der Waals surface area (Å²) in [6.07, 6.45) is 0. The standard InChI is InChI=1S/C21H25N3O4/c1-26-18-5-3-17(4-6-18)24-10-8-23(9-11-24)14-21(25)22-13-16-2-7-19-20(12-16)28-15-27-19/h2-7,12H,8-11,13-15H2,1H3,(H,22,25)/p+1. The summed E-state index contributed by atoms with van der Waals surface area (Å²) in [4.78, 5) is 16.0. The lowest BCUT2D eigenvalue weighted by Gasteiger charge is -2.33. The molecular weight excluding hydrogens is 358 g/mol. The van der Waals surface area contributed by atoms with Gasteiger partial charge in [0.1, 0.15) is 5.75 Å². The lowest BCUT2D eigenvalue weighted by Crippen LogP contribution is -3.15. The number of rotatable bonds is 6. The van der Waals surface area contributed by atoms with E-state index in [1.165, 1.54) is 10.6 Å². The lowest BCUT2D eigenvalue weighted by molar-refractivity contribution is -0.892. The summed E-state index contributed by atoms with van der Waals surface area (Å²) in [6.45, 7) is 5.04. The number of methoxy groups -OCH3 is 1. The Morgan fingerprint density at radius 3 is 2.61 bits per heavy atom. The molecular formula is C21H26N3O4+. The number of amides is 1. The fourth-order valence-electron chi connectivity index (χ4n) is 3.59. The highest BCUT2D eigenvalue weighted by molar-refractivity contribution is 5.76. The van der Waals surface area contributed by atoms with E-state index in [-0.39, 0.29) is 12.7 Å². The van der Waals surface area contributed by atoms with Gasteiger partial charge in [0.2, 0.25) is 6.79 Å². The molecule has 0 saturated carbocycles. The molecule has 1 saturated heterocycles. The molecule has 148 valence electrons. The van der Waals surface area contributed by atoms with Crippen molar-refractivity contribution in [2.75, 3.05) is 51.5 Å². The van der Waals surface area contributed by atoms with Gasteiger partial charge >= 0.3 is 0 Å². The van der Waals surface area contributed by atoms with Crippen LogP contribution in [0.2, 0.25) is 0 Å². The summed E-state index contributed by atoms with van der Waals surface area (Å²) in [6, 6.07) is 13.9. The van der Waals surface area contributed by atoms with E-state index in [1.807, 2.05) is 30.3 Å². The first-order valence-electron chi connectivity index (χ1n) is 9.59. The average Bonchev–Trinajstić information content (AvgIpc) is 3.21. The van der Waals surface area contributed by atoms with Crippen LogP contribution in [0.1, 0.15) is 5.56 Å². The lowest BCUT2D eigenvalue weighted by atomic mass is 10.2. The van der Waals surface area contributed by atoms with Crippen LogP contribution in [0.3, 0.4) is 0 Å². The zero-order chi connectivity index (χ0) is 19.3. The molecule has 7 heteroatoms. The predicted octanol–water partition coefficient (Wildman–Crippen LogP) is 0.445. The van der Waals surface area contributed by atoms with Crippen LogP contribution in [0.5, 0.6) is 17.2 Å². The first kappa shape index (κ1) is 18.4. The second kappa shape index (κ2) is 8.39. The predicted molar refractivity (Wildman–Crippen MR) is 105 cm³/mol. The van der Waals surface area contributed by atoms with Crippen LogP contribution in [0.15, 0.2) is 42.5 Å². The van der Waals surface area contributed by atoms with E-state index in [0.717, 1.165) is 49.0 Å². The monoisotopic (exact) mass is 384 g/mol.